The highest BCUT2D eigenvalue weighted by Crippen LogP contribution is 2.52. The first kappa shape index (κ1) is 32.6. The molecule has 1 N–H and O–H groups in total. The lowest BCUT2D eigenvalue weighted by molar-refractivity contribution is -0.137. The minimum atomic E-state index is -4.52. The van der Waals surface area contributed by atoms with Crippen LogP contribution >= 0.6 is 0 Å². The third kappa shape index (κ3) is 6.58. The van der Waals surface area contributed by atoms with Crippen molar-refractivity contribution >= 4 is 5.95 Å². The first-order valence-electron chi connectivity index (χ1n) is 16.4. The van der Waals surface area contributed by atoms with E-state index in [9.17, 15) is 18.3 Å². The van der Waals surface area contributed by atoms with Crippen LogP contribution in [-0.2, 0) is 12.6 Å². The number of aromatic hydroxyl groups is 1. The standard InChI is InChI=1S/C36H43F5N4O/c1-21-17-34(2,3)18-27-28(21)29(22-9-13-35(4,38)14-10-22)30(31(37)23-5-7-25(8-6-23)36(39,40)41)32(44-27)24-11-15-45(16-12-24)33-42-19-26(46)20-43-33/h5-8,19-22,24,31,46H,9-18H2,1-4H3. The monoisotopic (exact) mass is 642 g/mol. The molecule has 6 rings (SSSR count). The quantitative estimate of drug-likeness (QED) is 0.281. The fourth-order valence-corrected chi connectivity index (χ4v) is 8.21. The molecular weight excluding hydrogens is 599 g/mol. The van der Waals surface area contributed by atoms with Gasteiger partial charge in [0.15, 0.2) is 11.9 Å². The Bertz CT molecular complexity index is 1540. The maximum absolute atomic E-state index is 17.3. The molecule has 3 aliphatic rings. The Morgan fingerprint density at radius 3 is 2.11 bits per heavy atom. The molecule has 1 aromatic carbocycles. The van der Waals surface area contributed by atoms with Crippen LogP contribution in [0.3, 0.4) is 0 Å². The predicted molar refractivity (Wildman–Crippen MR) is 168 cm³/mol. The first-order chi connectivity index (χ1) is 21.6. The zero-order valence-corrected chi connectivity index (χ0v) is 27.0. The predicted octanol–water partition coefficient (Wildman–Crippen LogP) is 9.50. The topological polar surface area (TPSA) is 62.1 Å². The third-order valence-corrected chi connectivity index (χ3v) is 10.4. The summed E-state index contributed by atoms with van der Waals surface area (Å²) < 4.78 is 72.6. The number of piperidine rings is 1. The molecule has 3 aromatic rings. The molecule has 2 unspecified atom stereocenters. The molecular formula is C36H43F5N4O. The van der Waals surface area contributed by atoms with E-state index in [-0.39, 0.29) is 34.5 Å². The van der Waals surface area contributed by atoms with Gasteiger partial charge in [0.2, 0.25) is 5.95 Å². The highest BCUT2D eigenvalue weighted by molar-refractivity contribution is 5.52. The third-order valence-electron chi connectivity index (χ3n) is 10.4. The van der Waals surface area contributed by atoms with Crippen molar-refractivity contribution in [3.8, 4) is 5.75 Å². The van der Waals surface area contributed by atoms with Gasteiger partial charge in [-0.3, -0.25) is 4.98 Å². The normalized spacial score (nSPS) is 26.1. The number of hydrogen-bond donors (Lipinski definition) is 1. The molecule has 3 heterocycles. The number of aromatic nitrogens is 3. The number of benzene rings is 1. The number of alkyl halides is 5. The van der Waals surface area contributed by atoms with Crippen LogP contribution in [0.4, 0.5) is 27.9 Å². The van der Waals surface area contributed by atoms with Crippen molar-refractivity contribution in [3.63, 3.8) is 0 Å². The summed E-state index contributed by atoms with van der Waals surface area (Å²) in [7, 11) is 0. The van der Waals surface area contributed by atoms with E-state index < -0.39 is 23.6 Å². The smallest absolute Gasteiger partial charge is 0.416 e. The minimum absolute atomic E-state index is 0.00165. The van der Waals surface area contributed by atoms with Gasteiger partial charge in [0.25, 0.3) is 0 Å². The Hall–Kier alpha value is -3.30. The molecule has 1 saturated carbocycles. The van der Waals surface area contributed by atoms with Gasteiger partial charge in [-0.05, 0) is 104 Å². The number of pyridine rings is 1. The van der Waals surface area contributed by atoms with Crippen molar-refractivity contribution in [1.29, 1.82) is 0 Å². The van der Waals surface area contributed by atoms with Crippen LogP contribution in [0, 0.1) is 5.41 Å². The number of fused-ring (bicyclic) bond motifs is 1. The summed E-state index contributed by atoms with van der Waals surface area (Å²) in [5.74, 6) is 0.461. The average molecular weight is 643 g/mol. The van der Waals surface area contributed by atoms with Crippen molar-refractivity contribution in [3.05, 3.63) is 75.9 Å². The fraction of sp³-hybridized carbons (Fsp3) is 0.583. The summed E-state index contributed by atoms with van der Waals surface area (Å²) in [6.07, 6.45) is 1.43. The molecule has 2 atom stereocenters. The molecule has 0 amide bonds. The van der Waals surface area contributed by atoms with E-state index in [0.29, 0.717) is 68.8 Å². The second-order valence-corrected chi connectivity index (χ2v) is 14.8. The second-order valence-electron chi connectivity index (χ2n) is 14.8. The van der Waals surface area contributed by atoms with Crippen LogP contribution in [0.5, 0.6) is 5.75 Å². The molecule has 10 heteroatoms. The van der Waals surface area contributed by atoms with Gasteiger partial charge in [-0.25, -0.2) is 18.7 Å². The van der Waals surface area contributed by atoms with Crippen LogP contribution in [0.1, 0.15) is 136 Å². The molecule has 1 saturated heterocycles. The first-order valence-corrected chi connectivity index (χ1v) is 16.4. The molecule has 1 aliphatic heterocycles. The minimum Gasteiger partial charge on any atom is -0.505 e. The number of rotatable bonds is 5. The van der Waals surface area contributed by atoms with Crippen molar-refractivity contribution in [1.82, 2.24) is 15.0 Å². The molecule has 248 valence electrons. The average Bonchev–Trinajstić information content (AvgIpc) is 2.99. The van der Waals surface area contributed by atoms with Crippen molar-refractivity contribution in [2.24, 2.45) is 5.41 Å². The maximum atomic E-state index is 17.3. The largest absolute Gasteiger partial charge is 0.505 e. The number of nitrogens with zero attached hydrogens (tertiary/aromatic N) is 4. The molecule has 5 nitrogen and oxygen atoms in total. The highest BCUT2D eigenvalue weighted by atomic mass is 19.4. The molecule has 2 aliphatic carbocycles. The molecule has 2 aromatic heterocycles. The van der Waals surface area contributed by atoms with Crippen molar-refractivity contribution in [2.45, 2.75) is 115 Å². The SMILES string of the molecule is CC1CC(C)(C)Cc2nc(C3CCN(c4ncc(O)cn4)CC3)c(C(F)c3ccc(C(F)(F)F)cc3)c(C3CCC(C)(F)CC3)c21. The summed E-state index contributed by atoms with van der Waals surface area (Å²) in [6, 6.07) is 4.39. The Labute approximate surface area is 267 Å². The van der Waals surface area contributed by atoms with Gasteiger partial charge in [-0.2, -0.15) is 13.2 Å². The Kier molecular flexibility index (Phi) is 8.55. The van der Waals surface area contributed by atoms with E-state index in [1.165, 1.54) is 24.5 Å². The van der Waals surface area contributed by atoms with Crippen LogP contribution in [0.15, 0.2) is 36.7 Å². The lowest BCUT2D eigenvalue weighted by Gasteiger charge is -2.42. The Morgan fingerprint density at radius 1 is 0.913 bits per heavy atom. The van der Waals surface area contributed by atoms with Crippen LogP contribution in [-0.4, -0.2) is 38.8 Å². The van der Waals surface area contributed by atoms with E-state index >= 15 is 8.78 Å². The molecule has 0 radical (unpaired) electrons. The molecule has 0 bridgehead atoms. The van der Waals surface area contributed by atoms with E-state index in [0.717, 1.165) is 41.8 Å². The zero-order valence-electron chi connectivity index (χ0n) is 27.0. The van der Waals surface area contributed by atoms with E-state index in [2.05, 4.69) is 30.7 Å². The zero-order chi connectivity index (χ0) is 33.0. The van der Waals surface area contributed by atoms with E-state index in [1.807, 2.05) is 4.90 Å². The molecule has 0 spiro atoms. The van der Waals surface area contributed by atoms with Gasteiger partial charge < -0.3 is 10.0 Å². The summed E-state index contributed by atoms with van der Waals surface area (Å²) in [6.45, 7) is 9.46. The Balaban J connectivity index is 1.47. The summed E-state index contributed by atoms with van der Waals surface area (Å²) >= 11 is 0. The second kappa shape index (κ2) is 12.1. The number of halogens is 5. The van der Waals surface area contributed by atoms with Gasteiger partial charge in [0.1, 0.15) is 5.67 Å². The van der Waals surface area contributed by atoms with Gasteiger partial charge in [0, 0.05) is 30.3 Å². The molecule has 2 fully saturated rings. The van der Waals surface area contributed by atoms with Gasteiger partial charge >= 0.3 is 6.18 Å². The van der Waals surface area contributed by atoms with E-state index in [4.69, 9.17) is 4.98 Å². The summed E-state index contributed by atoms with van der Waals surface area (Å²) in [5.41, 5.74) is 2.22. The van der Waals surface area contributed by atoms with Crippen LogP contribution < -0.4 is 4.90 Å². The summed E-state index contributed by atoms with van der Waals surface area (Å²) in [4.78, 5) is 15.9. The summed E-state index contributed by atoms with van der Waals surface area (Å²) in [5, 5.41) is 9.63. The van der Waals surface area contributed by atoms with Crippen molar-refractivity contribution in [2.75, 3.05) is 18.0 Å². The van der Waals surface area contributed by atoms with E-state index in [1.54, 1.807) is 6.92 Å². The van der Waals surface area contributed by atoms with Crippen LogP contribution in [0.25, 0.3) is 0 Å². The number of hydrogen-bond acceptors (Lipinski definition) is 5. The van der Waals surface area contributed by atoms with Crippen LogP contribution in [0.2, 0.25) is 0 Å². The van der Waals surface area contributed by atoms with Crippen molar-refractivity contribution < 1.29 is 27.1 Å². The van der Waals surface area contributed by atoms with Gasteiger partial charge in [0.05, 0.1) is 23.7 Å². The maximum Gasteiger partial charge on any atom is 0.416 e. The highest BCUT2D eigenvalue weighted by Gasteiger charge is 2.42. The molecule has 46 heavy (non-hydrogen) atoms. The lowest BCUT2D eigenvalue weighted by Crippen LogP contribution is -2.36. The number of anilines is 1. The lowest BCUT2D eigenvalue weighted by atomic mass is 9.65. The Morgan fingerprint density at radius 2 is 1.52 bits per heavy atom. The fourth-order valence-electron chi connectivity index (χ4n) is 8.21. The van der Waals surface area contributed by atoms with Gasteiger partial charge in [-0.15, -0.1) is 0 Å². The van der Waals surface area contributed by atoms with Gasteiger partial charge in [-0.1, -0.05) is 32.9 Å².